The zero-order valence-corrected chi connectivity index (χ0v) is 11.6. The van der Waals surface area contributed by atoms with Crippen LogP contribution < -0.4 is 10.6 Å². The van der Waals surface area contributed by atoms with Crippen LogP contribution in [0.1, 0.15) is 12.7 Å². The number of carbonyl (C=O) groups is 1. The van der Waals surface area contributed by atoms with Crippen LogP contribution in [0.5, 0.6) is 0 Å². The van der Waals surface area contributed by atoms with Crippen molar-refractivity contribution in [2.45, 2.75) is 19.5 Å². The van der Waals surface area contributed by atoms with Gasteiger partial charge in [0.1, 0.15) is 17.6 Å². The molecule has 20 heavy (non-hydrogen) atoms. The molecule has 1 aromatic carbocycles. The van der Waals surface area contributed by atoms with Crippen LogP contribution in [0.4, 0.5) is 10.1 Å². The second kappa shape index (κ2) is 6.43. The monoisotopic (exact) mass is 296 g/mol. The molecule has 2 aromatic rings. The number of carbonyl (C=O) groups excluding carboxylic acids is 1. The molecule has 106 valence electrons. The predicted octanol–water partition coefficient (Wildman–Crippen LogP) is 3.19. The van der Waals surface area contributed by atoms with Crippen molar-refractivity contribution in [1.29, 1.82) is 0 Å². The van der Waals surface area contributed by atoms with Gasteiger partial charge >= 0.3 is 0 Å². The van der Waals surface area contributed by atoms with Gasteiger partial charge in [0.2, 0.25) is 5.91 Å². The first-order chi connectivity index (χ1) is 9.56. The van der Waals surface area contributed by atoms with Gasteiger partial charge in [-0.15, -0.1) is 0 Å². The minimum Gasteiger partial charge on any atom is -0.467 e. The van der Waals surface area contributed by atoms with Crippen molar-refractivity contribution in [3.8, 4) is 0 Å². The molecule has 0 aliphatic heterocycles. The number of nitrogens with one attached hydrogen (secondary N) is 2. The van der Waals surface area contributed by atoms with Gasteiger partial charge in [-0.25, -0.2) is 4.39 Å². The lowest BCUT2D eigenvalue weighted by atomic mass is 10.2. The fraction of sp³-hybridized carbons (Fsp3) is 0.214. The summed E-state index contributed by atoms with van der Waals surface area (Å²) in [6, 6.07) is 7.03. The number of amides is 1. The van der Waals surface area contributed by atoms with Crippen molar-refractivity contribution in [3.05, 3.63) is 53.2 Å². The second-order valence-electron chi connectivity index (χ2n) is 4.29. The molecule has 1 atom stereocenters. The van der Waals surface area contributed by atoms with E-state index in [1.54, 1.807) is 19.1 Å². The number of hydrogen-bond acceptors (Lipinski definition) is 3. The fourth-order valence-corrected chi connectivity index (χ4v) is 1.82. The number of rotatable bonds is 5. The minimum atomic E-state index is -0.599. The van der Waals surface area contributed by atoms with Gasteiger partial charge in [0.05, 0.1) is 18.5 Å². The Kier molecular flexibility index (Phi) is 4.63. The third-order valence-corrected chi connectivity index (χ3v) is 2.95. The summed E-state index contributed by atoms with van der Waals surface area (Å²) in [5.74, 6) is -0.0691. The normalized spacial score (nSPS) is 11.9. The van der Waals surface area contributed by atoms with E-state index in [0.717, 1.165) is 0 Å². The third-order valence-electron chi connectivity index (χ3n) is 2.71. The summed E-state index contributed by atoms with van der Waals surface area (Å²) < 4.78 is 18.6. The maximum absolute atomic E-state index is 13.5. The van der Waals surface area contributed by atoms with Gasteiger partial charge in [-0.3, -0.25) is 4.79 Å². The molecule has 4 nitrogen and oxygen atoms in total. The SMILES string of the molecule is CC(Nc1cc(Cl)ccc1F)C(=O)NCc1ccco1. The summed E-state index contributed by atoms with van der Waals surface area (Å²) in [6.45, 7) is 1.92. The molecule has 0 radical (unpaired) electrons. The number of benzene rings is 1. The molecule has 6 heteroatoms. The smallest absolute Gasteiger partial charge is 0.242 e. The molecule has 0 aliphatic rings. The van der Waals surface area contributed by atoms with Crippen LogP contribution in [0.25, 0.3) is 0 Å². The van der Waals surface area contributed by atoms with Gasteiger partial charge in [0, 0.05) is 5.02 Å². The number of halogens is 2. The van der Waals surface area contributed by atoms with E-state index >= 15 is 0 Å². The largest absolute Gasteiger partial charge is 0.467 e. The van der Waals surface area contributed by atoms with Crippen molar-refractivity contribution in [3.63, 3.8) is 0 Å². The van der Waals surface area contributed by atoms with E-state index in [2.05, 4.69) is 10.6 Å². The molecule has 0 bridgehead atoms. The molecule has 1 aromatic heterocycles. The van der Waals surface area contributed by atoms with Crippen LogP contribution in [0.3, 0.4) is 0 Å². The van der Waals surface area contributed by atoms with Gasteiger partial charge < -0.3 is 15.1 Å². The Balaban J connectivity index is 1.92. The van der Waals surface area contributed by atoms with E-state index in [0.29, 0.717) is 10.8 Å². The third kappa shape index (κ3) is 3.74. The van der Waals surface area contributed by atoms with E-state index in [4.69, 9.17) is 16.0 Å². The number of anilines is 1. The first kappa shape index (κ1) is 14.4. The van der Waals surface area contributed by atoms with Crippen LogP contribution in [0.2, 0.25) is 5.02 Å². The highest BCUT2D eigenvalue weighted by atomic mass is 35.5. The minimum absolute atomic E-state index is 0.193. The lowest BCUT2D eigenvalue weighted by Gasteiger charge is -2.15. The molecule has 0 fully saturated rings. The first-order valence-electron chi connectivity index (χ1n) is 6.08. The summed E-state index contributed by atoms with van der Waals surface area (Å²) in [5.41, 5.74) is 0.193. The average Bonchev–Trinajstić information content (AvgIpc) is 2.93. The Morgan fingerprint density at radius 3 is 2.95 bits per heavy atom. The van der Waals surface area contributed by atoms with Crippen molar-refractivity contribution < 1.29 is 13.6 Å². The summed E-state index contributed by atoms with van der Waals surface area (Å²) >= 11 is 5.79. The molecule has 2 rings (SSSR count). The molecule has 1 amide bonds. The number of hydrogen-bond donors (Lipinski definition) is 2. The summed E-state index contributed by atoms with van der Waals surface area (Å²) in [5, 5.41) is 5.87. The summed E-state index contributed by atoms with van der Waals surface area (Å²) in [4.78, 5) is 11.9. The molecule has 2 N–H and O–H groups in total. The predicted molar refractivity (Wildman–Crippen MR) is 75.0 cm³/mol. The van der Waals surface area contributed by atoms with Crippen molar-refractivity contribution in [1.82, 2.24) is 5.32 Å². The van der Waals surface area contributed by atoms with E-state index in [1.165, 1.54) is 24.5 Å². The standard InChI is InChI=1S/C14H14ClFN2O2/c1-9(14(19)17-8-11-3-2-6-20-11)18-13-7-10(15)4-5-12(13)16/h2-7,9,18H,8H2,1H3,(H,17,19). The van der Waals surface area contributed by atoms with Gasteiger partial charge in [0.15, 0.2) is 0 Å². The lowest BCUT2D eigenvalue weighted by molar-refractivity contribution is -0.121. The Labute approximate surface area is 120 Å². The van der Waals surface area contributed by atoms with Crippen molar-refractivity contribution in [2.24, 2.45) is 0 Å². The molecule has 0 saturated carbocycles. The Morgan fingerprint density at radius 2 is 2.25 bits per heavy atom. The van der Waals surface area contributed by atoms with Gasteiger partial charge in [0.25, 0.3) is 0 Å². The van der Waals surface area contributed by atoms with Gasteiger partial charge in [-0.2, -0.15) is 0 Å². The van der Waals surface area contributed by atoms with Crippen LogP contribution in [0, 0.1) is 5.82 Å². The Bertz CT molecular complexity index is 587. The van der Waals surface area contributed by atoms with Crippen LogP contribution in [0.15, 0.2) is 41.0 Å². The zero-order chi connectivity index (χ0) is 14.5. The Morgan fingerprint density at radius 1 is 1.45 bits per heavy atom. The average molecular weight is 297 g/mol. The summed E-state index contributed by atoms with van der Waals surface area (Å²) in [7, 11) is 0. The van der Waals surface area contributed by atoms with Crippen LogP contribution in [-0.2, 0) is 11.3 Å². The highest BCUT2D eigenvalue weighted by Gasteiger charge is 2.14. The van der Waals surface area contributed by atoms with Gasteiger partial charge in [-0.1, -0.05) is 11.6 Å². The van der Waals surface area contributed by atoms with Crippen molar-refractivity contribution in [2.75, 3.05) is 5.32 Å². The molecule has 1 unspecified atom stereocenters. The molecule has 1 heterocycles. The Hall–Kier alpha value is -2.01. The molecular formula is C14H14ClFN2O2. The quantitative estimate of drug-likeness (QED) is 0.891. The molecule has 0 saturated heterocycles. The van der Waals surface area contributed by atoms with Crippen LogP contribution >= 0.6 is 11.6 Å². The van der Waals surface area contributed by atoms with E-state index in [9.17, 15) is 9.18 Å². The molecule has 0 spiro atoms. The molecular weight excluding hydrogens is 283 g/mol. The lowest BCUT2D eigenvalue weighted by Crippen LogP contribution is -2.37. The topological polar surface area (TPSA) is 54.3 Å². The maximum Gasteiger partial charge on any atom is 0.242 e. The first-order valence-corrected chi connectivity index (χ1v) is 6.46. The summed E-state index contributed by atoms with van der Waals surface area (Å²) in [6.07, 6.45) is 1.53. The fourth-order valence-electron chi connectivity index (χ4n) is 1.65. The van der Waals surface area contributed by atoms with E-state index < -0.39 is 11.9 Å². The van der Waals surface area contributed by atoms with Gasteiger partial charge in [-0.05, 0) is 37.3 Å². The highest BCUT2D eigenvalue weighted by Crippen LogP contribution is 2.20. The van der Waals surface area contributed by atoms with Crippen molar-refractivity contribution >= 4 is 23.2 Å². The van der Waals surface area contributed by atoms with E-state index in [1.807, 2.05) is 0 Å². The molecule has 0 aliphatic carbocycles. The number of furan rings is 1. The zero-order valence-electron chi connectivity index (χ0n) is 10.8. The van der Waals surface area contributed by atoms with Crippen LogP contribution in [-0.4, -0.2) is 11.9 Å². The maximum atomic E-state index is 13.5. The van der Waals surface area contributed by atoms with E-state index in [-0.39, 0.29) is 18.1 Å². The highest BCUT2D eigenvalue weighted by molar-refractivity contribution is 6.30. The second-order valence-corrected chi connectivity index (χ2v) is 4.72.